The van der Waals surface area contributed by atoms with E-state index in [-0.39, 0.29) is 12.4 Å². The molecule has 0 aromatic heterocycles. The fourth-order valence-corrected chi connectivity index (χ4v) is 3.96. The van der Waals surface area contributed by atoms with Crippen molar-refractivity contribution in [3.8, 4) is 23.0 Å². The molecule has 0 fully saturated rings. The number of hydrogen-bond donors (Lipinski definition) is 0. The van der Waals surface area contributed by atoms with Crippen molar-refractivity contribution in [3.05, 3.63) is 86.9 Å². The molecule has 0 N–H and O–H groups in total. The van der Waals surface area contributed by atoms with Crippen LogP contribution in [0.5, 0.6) is 23.0 Å². The van der Waals surface area contributed by atoms with Crippen LogP contribution in [0.3, 0.4) is 0 Å². The average Bonchev–Trinajstić information content (AvgIpc) is 2.81. The Hall–Kier alpha value is -2.96. The van der Waals surface area contributed by atoms with Crippen LogP contribution in [0.25, 0.3) is 6.08 Å². The normalized spacial score (nSPS) is 12.6. The van der Waals surface area contributed by atoms with Crippen molar-refractivity contribution >= 4 is 39.4 Å². The predicted molar refractivity (Wildman–Crippen MR) is 127 cm³/mol. The molecular formula is C25H20BrClO5. The van der Waals surface area contributed by atoms with Gasteiger partial charge in [-0.05, 0) is 60.2 Å². The first-order valence-electron chi connectivity index (χ1n) is 9.90. The minimum absolute atomic E-state index is 0.128. The van der Waals surface area contributed by atoms with Gasteiger partial charge in [-0.25, -0.2) is 0 Å². The summed E-state index contributed by atoms with van der Waals surface area (Å²) >= 11 is 9.62. The molecule has 0 atom stereocenters. The standard InChI is InChI=1S/C25H20BrClO5/c1-29-22-7-3-16(12-18(22)15-32-23-9-5-19(26)14-20(23)27)2-6-21(28)17-4-8-24-25(13-17)31-11-10-30-24/h2-9,12-14H,10-11,15H2,1H3/b6-2+. The van der Waals surface area contributed by atoms with Gasteiger partial charge in [0.05, 0.1) is 12.1 Å². The van der Waals surface area contributed by atoms with E-state index in [9.17, 15) is 4.79 Å². The highest BCUT2D eigenvalue weighted by atomic mass is 79.9. The Balaban J connectivity index is 1.49. The van der Waals surface area contributed by atoms with E-state index in [1.807, 2.05) is 24.3 Å². The van der Waals surface area contributed by atoms with Gasteiger partial charge < -0.3 is 18.9 Å². The van der Waals surface area contributed by atoms with E-state index in [1.165, 1.54) is 6.08 Å². The molecule has 164 valence electrons. The molecule has 0 saturated carbocycles. The average molecular weight is 516 g/mol. The minimum atomic E-state index is -0.128. The fourth-order valence-electron chi connectivity index (χ4n) is 3.23. The zero-order valence-electron chi connectivity index (χ0n) is 17.3. The lowest BCUT2D eigenvalue weighted by molar-refractivity contribution is 0.104. The lowest BCUT2D eigenvalue weighted by Crippen LogP contribution is -2.15. The molecule has 5 nitrogen and oxygen atoms in total. The Kier molecular flexibility index (Phi) is 7.02. The molecule has 0 saturated heterocycles. The van der Waals surface area contributed by atoms with Crippen molar-refractivity contribution in [1.82, 2.24) is 0 Å². The number of benzene rings is 3. The molecule has 1 aliphatic heterocycles. The summed E-state index contributed by atoms with van der Waals surface area (Å²) < 4.78 is 23.3. The number of carbonyl (C=O) groups is 1. The van der Waals surface area contributed by atoms with Crippen molar-refractivity contribution in [1.29, 1.82) is 0 Å². The molecule has 0 amide bonds. The molecule has 1 heterocycles. The van der Waals surface area contributed by atoms with E-state index in [1.54, 1.807) is 43.5 Å². The zero-order valence-corrected chi connectivity index (χ0v) is 19.6. The highest BCUT2D eigenvalue weighted by Gasteiger charge is 2.14. The number of fused-ring (bicyclic) bond motifs is 1. The van der Waals surface area contributed by atoms with Crippen molar-refractivity contribution in [2.45, 2.75) is 6.61 Å². The largest absolute Gasteiger partial charge is 0.496 e. The first-order chi connectivity index (χ1) is 15.5. The molecule has 32 heavy (non-hydrogen) atoms. The van der Waals surface area contributed by atoms with E-state index >= 15 is 0 Å². The quantitative estimate of drug-likeness (QED) is 0.271. The van der Waals surface area contributed by atoms with Crippen molar-refractivity contribution < 1.29 is 23.7 Å². The van der Waals surface area contributed by atoms with Gasteiger partial charge in [-0.15, -0.1) is 0 Å². The number of ether oxygens (including phenoxy) is 4. The maximum Gasteiger partial charge on any atom is 0.185 e. The second-order valence-corrected chi connectivity index (χ2v) is 8.31. The third kappa shape index (κ3) is 5.26. The van der Waals surface area contributed by atoms with Crippen LogP contribution in [-0.2, 0) is 6.61 Å². The van der Waals surface area contributed by atoms with Crippen molar-refractivity contribution in [3.63, 3.8) is 0 Å². The second kappa shape index (κ2) is 10.1. The van der Waals surface area contributed by atoms with Crippen molar-refractivity contribution in [2.24, 2.45) is 0 Å². The van der Waals surface area contributed by atoms with E-state index < -0.39 is 0 Å². The molecule has 1 aliphatic rings. The van der Waals surface area contributed by atoms with Crippen molar-refractivity contribution in [2.75, 3.05) is 20.3 Å². The van der Waals surface area contributed by atoms with Gasteiger partial charge in [-0.3, -0.25) is 4.79 Å². The Morgan fingerprint density at radius 3 is 2.59 bits per heavy atom. The summed E-state index contributed by atoms with van der Waals surface area (Å²) in [4.78, 5) is 12.6. The molecule has 0 spiro atoms. The van der Waals surface area contributed by atoms with Crippen LogP contribution in [0.1, 0.15) is 21.5 Å². The minimum Gasteiger partial charge on any atom is -0.496 e. The Morgan fingerprint density at radius 1 is 1.03 bits per heavy atom. The molecular weight excluding hydrogens is 496 g/mol. The number of ketones is 1. The van der Waals surface area contributed by atoms with Crippen LogP contribution in [0.4, 0.5) is 0 Å². The monoisotopic (exact) mass is 514 g/mol. The summed E-state index contributed by atoms with van der Waals surface area (Å²) in [6.45, 7) is 1.25. The summed E-state index contributed by atoms with van der Waals surface area (Å²) in [6, 6.07) is 16.3. The van der Waals surface area contributed by atoms with E-state index in [0.717, 1.165) is 15.6 Å². The third-order valence-electron chi connectivity index (χ3n) is 4.84. The van der Waals surface area contributed by atoms with Gasteiger partial charge in [-0.1, -0.05) is 39.7 Å². The highest BCUT2D eigenvalue weighted by Crippen LogP contribution is 2.32. The van der Waals surface area contributed by atoms with Gasteiger partial charge in [0.25, 0.3) is 0 Å². The number of carbonyl (C=O) groups excluding carboxylic acids is 1. The van der Waals surface area contributed by atoms with Gasteiger partial charge in [0.2, 0.25) is 0 Å². The van der Waals surface area contributed by atoms with Gasteiger partial charge in [0, 0.05) is 15.6 Å². The zero-order chi connectivity index (χ0) is 22.5. The maximum atomic E-state index is 12.6. The summed E-state index contributed by atoms with van der Waals surface area (Å²) in [5.74, 6) is 2.38. The molecule has 3 aromatic rings. The van der Waals surface area contributed by atoms with Crippen LogP contribution in [-0.4, -0.2) is 26.1 Å². The van der Waals surface area contributed by atoms with Crippen LogP contribution in [0, 0.1) is 0 Å². The van der Waals surface area contributed by atoms with Gasteiger partial charge >= 0.3 is 0 Å². The molecule has 4 rings (SSSR count). The first-order valence-corrected chi connectivity index (χ1v) is 11.1. The fraction of sp³-hybridized carbons (Fsp3) is 0.160. The first kappa shape index (κ1) is 22.2. The van der Waals surface area contributed by atoms with Crippen LogP contribution in [0.15, 0.2) is 65.1 Å². The molecule has 3 aromatic carbocycles. The van der Waals surface area contributed by atoms with E-state index in [0.29, 0.717) is 46.8 Å². The summed E-state index contributed by atoms with van der Waals surface area (Å²) in [6.07, 6.45) is 3.29. The summed E-state index contributed by atoms with van der Waals surface area (Å²) in [7, 11) is 1.60. The van der Waals surface area contributed by atoms with E-state index in [2.05, 4.69) is 15.9 Å². The number of methoxy groups -OCH3 is 1. The maximum absolute atomic E-state index is 12.6. The van der Waals surface area contributed by atoms with E-state index in [4.69, 9.17) is 30.5 Å². The molecule has 0 radical (unpaired) electrons. The lowest BCUT2D eigenvalue weighted by Gasteiger charge is -2.18. The van der Waals surface area contributed by atoms with Gasteiger partial charge in [0.1, 0.15) is 31.3 Å². The SMILES string of the molecule is COc1ccc(/C=C/C(=O)c2ccc3c(c2)OCCO3)cc1COc1ccc(Br)cc1Cl. The molecule has 0 unspecified atom stereocenters. The Bertz CT molecular complexity index is 1170. The molecule has 0 bridgehead atoms. The molecule has 7 heteroatoms. The predicted octanol–water partition coefficient (Wildman–Crippen LogP) is 6.36. The number of rotatable bonds is 7. The van der Waals surface area contributed by atoms with Gasteiger partial charge in [0.15, 0.2) is 17.3 Å². The smallest absolute Gasteiger partial charge is 0.185 e. The number of halogens is 2. The van der Waals surface area contributed by atoms with Gasteiger partial charge in [-0.2, -0.15) is 0 Å². The second-order valence-electron chi connectivity index (χ2n) is 6.99. The topological polar surface area (TPSA) is 54.0 Å². The highest BCUT2D eigenvalue weighted by molar-refractivity contribution is 9.10. The summed E-state index contributed by atoms with van der Waals surface area (Å²) in [5, 5.41) is 0.513. The summed E-state index contributed by atoms with van der Waals surface area (Å²) in [5.41, 5.74) is 2.21. The number of hydrogen-bond acceptors (Lipinski definition) is 5. The van der Waals surface area contributed by atoms with Crippen LogP contribution in [0.2, 0.25) is 5.02 Å². The Morgan fingerprint density at radius 2 is 1.81 bits per heavy atom. The lowest BCUT2D eigenvalue weighted by atomic mass is 10.1. The molecule has 0 aliphatic carbocycles. The Labute approximate surface area is 199 Å². The third-order valence-corrected chi connectivity index (χ3v) is 5.62. The van der Waals surface area contributed by atoms with Crippen LogP contribution < -0.4 is 18.9 Å². The number of allylic oxidation sites excluding steroid dienone is 1. The van der Waals surface area contributed by atoms with Crippen LogP contribution >= 0.6 is 27.5 Å².